The van der Waals surface area contributed by atoms with E-state index in [0.717, 1.165) is 30.1 Å². The van der Waals surface area contributed by atoms with Crippen LogP contribution in [0.4, 0.5) is 15.5 Å². The molecule has 0 atom stereocenters. The Kier molecular flexibility index (Phi) is 7.11. The molecular weight excluding hydrogens is 409 g/mol. The molecule has 6 nitrogen and oxygen atoms in total. The molecule has 0 unspecified atom stereocenters. The van der Waals surface area contributed by atoms with Crippen LogP contribution in [0.5, 0.6) is 0 Å². The number of carboxylic acid groups (broad SMARTS) is 1. The molecule has 2 aromatic rings. The molecule has 146 valence electrons. The van der Waals surface area contributed by atoms with Crippen molar-refractivity contribution in [3.8, 4) is 0 Å². The van der Waals surface area contributed by atoms with Crippen molar-refractivity contribution < 1.29 is 14.7 Å². The topological polar surface area (TPSA) is 72.9 Å². The summed E-state index contributed by atoms with van der Waals surface area (Å²) in [6, 6.07) is 6.48. The van der Waals surface area contributed by atoms with Gasteiger partial charge in [-0.3, -0.25) is 15.1 Å². The zero-order chi connectivity index (χ0) is 18.8. The van der Waals surface area contributed by atoms with Gasteiger partial charge in [0.05, 0.1) is 5.56 Å². The third-order valence-electron chi connectivity index (χ3n) is 4.54. The number of carbonyl (C=O) groups is 2. The lowest BCUT2D eigenvalue weighted by Gasteiger charge is -2.25. The lowest BCUT2D eigenvalue weighted by Crippen LogP contribution is -2.31. The molecule has 1 aromatic heterocycles. The zero-order valence-corrected chi connectivity index (χ0v) is 17.4. The summed E-state index contributed by atoms with van der Waals surface area (Å²) in [7, 11) is 1.63. The van der Waals surface area contributed by atoms with Crippen LogP contribution in [0, 0.1) is 0 Å². The Morgan fingerprint density at radius 1 is 1.33 bits per heavy atom. The average Bonchev–Trinajstić information content (AvgIpc) is 2.98. The molecule has 0 radical (unpaired) electrons. The van der Waals surface area contributed by atoms with E-state index in [1.165, 1.54) is 16.2 Å². The van der Waals surface area contributed by atoms with E-state index in [2.05, 4.69) is 17.1 Å². The van der Waals surface area contributed by atoms with Gasteiger partial charge in [-0.15, -0.1) is 23.7 Å². The van der Waals surface area contributed by atoms with Crippen molar-refractivity contribution in [1.82, 2.24) is 4.90 Å². The summed E-state index contributed by atoms with van der Waals surface area (Å²) in [5, 5.41) is 13.4. The van der Waals surface area contributed by atoms with Crippen molar-refractivity contribution in [2.24, 2.45) is 0 Å². The molecular formula is C18H21Cl2N3O3S. The van der Waals surface area contributed by atoms with Crippen LogP contribution < -0.4 is 10.2 Å². The highest BCUT2D eigenvalue weighted by atomic mass is 35.5. The highest BCUT2D eigenvalue weighted by Crippen LogP contribution is 2.37. The number of nitrogens with zero attached hydrogens (tertiary/aromatic N) is 2. The van der Waals surface area contributed by atoms with Crippen molar-refractivity contribution in [3.05, 3.63) is 45.3 Å². The van der Waals surface area contributed by atoms with Crippen LogP contribution in [0.3, 0.4) is 0 Å². The van der Waals surface area contributed by atoms with Gasteiger partial charge in [0.1, 0.15) is 5.00 Å². The molecule has 0 saturated carbocycles. The second-order valence-corrected chi connectivity index (χ2v) is 7.64. The van der Waals surface area contributed by atoms with Crippen molar-refractivity contribution in [2.75, 3.05) is 30.4 Å². The fourth-order valence-electron chi connectivity index (χ4n) is 3.00. The number of amides is 2. The van der Waals surface area contributed by atoms with Crippen molar-refractivity contribution in [1.29, 1.82) is 0 Å². The minimum atomic E-state index is -1.00. The summed E-state index contributed by atoms with van der Waals surface area (Å²) in [5.41, 5.74) is 1.73. The standard InChI is InChI=1S/C18H20ClN3O3S.ClH/c1-3-22-9-8-13-14(10-22)26-16(15(13)17(23)24)20-18(25)21(2)12-6-4-11(19)5-7-12;/h4-7H,3,8-10H2,1-2H3,(H,20,25)(H,23,24);1H. The monoisotopic (exact) mass is 429 g/mol. The molecule has 0 fully saturated rings. The van der Waals surface area contributed by atoms with Gasteiger partial charge in [0, 0.05) is 35.7 Å². The fourth-order valence-corrected chi connectivity index (χ4v) is 4.40. The first kappa shape index (κ1) is 21.5. The average molecular weight is 430 g/mol. The van der Waals surface area contributed by atoms with Crippen molar-refractivity contribution in [3.63, 3.8) is 0 Å². The molecule has 27 heavy (non-hydrogen) atoms. The number of carboxylic acids is 1. The lowest BCUT2D eigenvalue weighted by atomic mass is 10.0. The number of benzene rings is 1. The molecule has 1 aromatic carbocycles. The SMILES string of the molecule is CCN1CCc2c(sc(NC(=O)N(C)c3ccc(Cl)cc3)c2C(=O)O)C1.Cl. The molecule has 1 aliphatic rings. The third kappa shape index (κ3) is 4.55. The minimum Gasteiger partial charge on any atom is -0.478 e. The Morgan fingerprint density at radius 3 is 2.59 bits per heavy atom. The van der Waals surface area contributed by atoms with E-state index < -0.39 is 5.97 Å². The van der Waals surface area contributed by atoms with Crippen molar-refractivity contribution >= 4 is 58.0 Å². The van der Waals surface area contributed by atoms with Gasteiger partial charge >= 0.3 is 12.0 Å². The van der Waals surface area contributed by atoms with E-state index in [9.17, 15) is 14.7 Å². The number of hydrogen-bond acceptors (Lipinski definition) is 4. The maximum Gasteiger partial charge on any atom is 0.339 e. The Morgan fingerprint density at radius 2 is 2.00 bits per heavy atom. The smallest absolute Gasteiger partial charge is 0.339 e. The highest BCUT2D eigenvalue weighted by Gasteiger charge is 2.28. The Balaban J connectivity index is 0.00000261. The lowest BCUT2D eigenvalue weighted by molar-refractivity contribution is 0.0696. The summed E-state index contributed by atoms with van der Waals surface area (Å²) in [6.07, 6.45) is 0.685. The number of carbonyl (C=O) groups excluding carboxylic acids is 1. The molecule has 9 heteroatoms. The van der Waals surface area contributed by atoms with Crippen molar-refractivity contribution in [2.45, 2.75) is 19.9 Å². The zero-order valence-electron chi connectivity index (χ0n) is 15.0. The molecule has 2 amide bonds. The number of anilines is 2. The normalized spacial score (nSPS) is 13.4. The molecule has 1 aliphatic heterocycles. The summed E-state index contributed by atoms with van der Waals surface area (Å²) in [6.45, 7) is 4.56. The quantitative estimate of drug-likeness (QED) is 0.746. The van der Waals surface area contributed by atoms with E-state index in [4.69, 9.17) is 11.6 Å². The third-order valence-corrected chi connectivity index (χ3v) is 5.92. The van der Waals surface area contributed by atoms with E-state index in [0.29, 0.717) is 22.1 Å². The van der Waals surface area contributed by atoms with Crippen LogP contribution in [0.15, 0.2) is 24.3 Å². The number of urea groups is 1. The first-order valence-electron chi connectivity index (χ1n) is 8.31. The Bertz CT molecular complexity index is 839. The number of rotatable bonds is 4. The van der Waals surface area contributed by atoms with Crippen LogP contribution in [-0.2, 0) is 13.0 Å². The van der Waals surface area contributed by atoms with Crippen LogP contribution in [0.2, 0.25) is 5.02 Å². The van der Waals surface area contributed by atoms with Crippen LogP contribution in [0.1, 0.15) is 27.7 Å². The van der Waals surface area contributed by atoms with E-state index >= 15 is 0 Å². The van der Waals surface area contributed by atoms with Gasteiger partial charge in [0.15, 0.2) is 0 Å². The van der Waals surface area contributed by atoms with Gasteiger partial charge in [-0.1, -0.05) is 18.5 Å². The maximum absolute atomic E-state index is 12.6. The van der Waals surface area contributed by atoms with Gasteiger partial charge in [0.25, 0.3) is 0 Å². The summed E-state index contributed by atoms with van der Waals surface area (Å²) in [5.74, 6) is -1.00. The number of halogens is 2. The van der Waals surface area contributed by atoms with Gasteiger partial charge in [0.2, 0.25) is 0 Å². The maximum atomic E-state index is 12.6. The molecule has 3 rings (SSSR count). The minimum absolute atomic E-state index is 0. The van der Waals surface area contributed by atoms with E-state index in [1.807, 2.05) is 0 Å². The second kappa shape index (κ2) is 8.93. The first-order chi connectivity index (χ1) is 12.4. The number of thiophene rings is 1. The fraction of sp³-hybridized carbons (Fsp3) is 0.333. The predicted octanol–water partition coefficient (Wildman–Crippen LogP) is 4.57. The Labute approximate surface area is 173 Å². The number of likely N-dealkylation sites (N-methyl/N-ethyl adjacent to an activating group) is 1. The molecule has 0 spiro atoms. The van der Waals surface area contributed by atoms with Gasteiger partial charge in [-0.05, 0) is 42.8 Å². The molecule has 0 saturated heterocycles. The number of aromatic carboxylic acids is 1. The number of nitrogens with one attached hydrogen (secondary N) is 1. The summed E-state index contributed by atoms with van der Waals surface area (Å²) < 4.78 is 0. The van der Waals surface area contributed by atoms with Gasteiger partial charge < -0.3 is 5.11 Å². The van der Waals surface area contributed by atoms with E-state index in [1.54, 1.807) is 31.3 Å². The molecule has 2 N–H and O–H groups in total. The highest BCUT2D eigenvalue weighted by molar-refractivity contribution is 7.17. The summed E-state index contributed by atoms with van der Waals surface area (Å²) >= 11 is 7.23. The van der Waals surface area contributed by atoms with E-state index in [-0.39, 0.29) is 24.0 Å². The van der Waals surface area contributed by atoms with Gasteiger partial charge in [-0.25, -0.2) is 9.59 Å². The molecule has 0 bridgehead atoms. The number of hydrogen-bond donors (Lipinski definition) is 2. The second-order valence-electron chi connectivity index (χ2n) is 6.10. The Hall–Kier alpha value is -1.80. The van der Waals surface area contributed by atoms with Crippen LogP contribution >= 0.6 is 35.3 Å². The number of fused-ring (bicyclic) bond motifs is 1. The molecule has 0 aliphatic carbocycles. The predicted molar refractivity (Wildman–Crippen MR) is 112 cm³/mol. The first-order valence-corrected chi connectivity index (χ1v) is 9.50. The van der Waals surface area contributed by atoms with Crippen LogP contribution in [0.25, 0.3) is 0 Å². The molecule has 2 heterocycles. The summed E-state index contributed by atoms with van der Waals surface area (Å²) in [4.78, 5) is 29.1. The largest absolute Gasteiger partial charge is 0.478 e. The van der Waals surface area contributed by atoms with Crippen LogP contribution in [-0.4, -0.2) is 42.1 Å². The van der Waals surface area contributed by atoms with Gasteiger partial charge in [-0.2, -0.15) is 0 Å².